The number of amides is 1. The Balaban J connectivity index is 1.05. The number of nitrogens with zero attached hydrogens (tertiary/aromatic N) is 1. The lowest BCUT2D eigenvalue weighted by Crippen LogP contribution is -2.51. The van der Waals surface area contributed by atoms with Crippen molar-refractivity contribution < 1.29 is 9.53 Å². The average molecular weight is 538 g/mol. The number of hydrogen-bond acceptors (Lipinski definition) is 2. The van der Waals surface area contributed by atoms with E-state index in [1.165, 1.54) is 55.6 Å². The summed E-state index contributed by atoms with van der Waals surface area (Å²) in [5.41, 5.74) is 13.2. The minimum absolute atomic E-state index is 0.0135. The molecule has 2 aliphatic heterocycles. The number of fused-ring (bicyclic) bond motifs is 8. The Morgan fingerprint density at radius 3 is 2.20 bits per heavy atom. The molecule has 204 valence electrons. The molecule has 1 amide bonds. The smallest absolute Gasteiger partial charge is 0.410 e. The highest BCUT2D eigenvalue weighted by Gasteiger charge is 2.40. The Kier molecular flexibility index (Phi) is 5.54. The molecule has 2 aliphatic carbocycles. The Labute approximate surface area is 242 Å². The predicted octanol–water partition coefficient (Wildman–Crippen LogP) is 8.95. The van der Waals surface area contributed by atoms with Crippen LogP contribution in [0.25, 0.3) is 27.8 Å². The van der Waals surface area contributed by atoms with Gasteiger partial charge in [-0.15, -0.1) is 0 Å². The van der Waals surface area contributed by atoms with Gasteiger partial charge >= 0.3 is 6.09 Å². The summed E-state index contributed by atoms with van der Waals surface area (Å²) in [6.07, 6.45) is 6.24. The van der Waals surface area contributed by atoms with Crippen molar-refractivity contribution in [2.24, 2.45) is 0 Å². The standard InChI is InChI=1S/C38H35NO2/c1-38(2)35-17-8-7-16-32(35)33-19-18-24(22-36(33)38)25-20-26-10-9-11-27(21-25)39(26)37(40)41-23-34-30-14-5-3-12-28(30)29-13-4-6-15-31(29)34/h3-8,12-20,22,26-27,34H,9-11,21,23H2,1-2H3. The van der Waals surface area contributed by atoms with Crippen molar-refractivity contribution in [1.29, 1.82) is 0 Å². The third-order valence-corrected chi connectivity index (χ3v) is 10.1. The second-order valence-electron chi connectivity index (χ2n) is 12.7. The van der Waals surface area contributed by atoms with Gasteiger partial charge in [0.2, 0.25) is 0 Å². The van der Waals surface area contributed by atoms with Crippen LogP contribution >= 0.6 is 0 Å². The first-order chi connectivity index (χ1) is 20.0. The average Bonchev–Trinajstić information content (AvgIpc) is 3.44. The van der Waals surface area contributed by atoms with E-state index in [9.17, 15) is 4.79 Å². The molecule has 1 saturated heterocycles. The molecule has 2 atom stereocenters. The molecular weight excluding hydrogens is 502 g/mol. The van der Waals surface area contributed by atoms with E-state index in [1.54, 1.807) is 0 Å². The van der Waals surface area contributed by atoms with Crippen LogP contribution in [0.3, 0.4) is 0 Å². The normalized spacial score (nSPS) is 21.4. The summed E-state index contributed by atoms with van der Waals surface area (Å²) < 4.78 is 6.14. The zero-order valence-corrected chi connectivity index (χ0v) is 23.8. The van der Waals surface area contributed by atoms with Crippen LogP contribution < -0.4 is 0 Å². The molecule has 1 fully saturated rings. The molecule has 0 spiro atoms. The van der Waals surface area contributed by atoms with Crippen molar-refractivity contribution >= 4 is 11.7 Å². The molecule has 0 N–H and O–H groups in total. The summed E-state index contributed by atoms with van der Waals surface area (Å²) in [6.45, 7) is 5.05. The highest BCUT2D eigenvalue weighted by molar-refractivity contribution is 5.84. The van der Waals surface area contributed by atoms with E-state index in [2.05, 4.69) is 111 Å². The third-order valence-electron chi connectivity index (χ3n) is 10.1. The van der Waals surface area contributed by atoms with Crippen LogP contribution in [0.2, 0.25) is 0 Å². The second-order valence-corrected chi connectivity index (χ2v) is 12.7. The zero-order valence-electron chi connectivity index (χ0n) is 23.8. The molecule has 8 rings (SSSR count). The number of carbonyl (C=O) groups is 1. The van der Waals surface area contributed by atoms with E-state index in [0.29, 0.717) is 6.61 Å². The molecule has 2 heterocycles. The summed E-state index contributed by atoms with van der Waals surface area (Å²) in [5, 5.41) is 0. The van der Waals surface area contributed by atoms with E-state index in [1.807, 2.05) is 4.90 Å². The van der Waals surface area contributed by atoms with Crippen molar-refractivity contribution in [2.75, 3.05) is 6.61 Å². The minimum atomic E-state index is -0.164. The molecule has 4 aromatic carbocycles. The summed E-state index contributed by atoms with van der Waals surface area (Å²) >= 11 is 0. The number of ether oxygens (including phenoxy) is 1. The Morgan fingerprint density at radius 2 is 1.46 bits per heavy atom. The van der Waals surface area contributed by atoms with E-state index in [4.69, 9.17) is 4.74 Å². The molecular formula is C38H35NO2. The predicted molar refractivity (Wildman–Crippen MR) is 165 cm³/mol. The molecule has 4 aliphatic rings. The van der Waals surface area contributed by atoms with Crippen LogP contribution in [0.5, 0.6) is 0 Å². The van der Waals surface area contributed by atoms with Crippen LogP contribution in [-0.4, -0.2) is 29.7 Å². The fourth-order valence-electron chi connectivity index (χ4n) is 8.10. The van der Waals surface area contributed by atoms with Crippen molar-refractivity contribution in [2.45, 2.75) is 62.9 Å². The Bertz CT molecular complexity index is 1680. The summed E-state index contributed by atoms with van der Waals surface area (Å²) in [7, 11) is 0. The van der Waals surface area contributed by atoms with E-state index in [-0.39, 0.29) is 29.5 Å². The SMILES string of the molecule is CC1(C)c2ccccc2-c2ccc(C3=CC4CCCC(C3)N4C(=O)OCC3c4ccccc4-c4ccccc43)cc21. The van der Waals surface area contributed by atoms with Crippen LogP contribution in [0.4, 0.5) is 4.79 Å². The van der Waals surface area contributed by atoms with Crippen molar-refractivity contribution in [3.05, 3.63) is 125 Å². The van der Waals surface area contributed by atoms with Gasteiger partial charge in [-0.1, -0.05) is 105 Å². The van der Waals surface area contributed by atoms with E-state index >= 15 is 0 Å². The van der Waals surface area contributed by atoms with Crippen LogP contribution in [0, 0.1) is 0 Å². The van der Waals surface area contributed by atoms with Gasteiger partial charge in [0.05, 0.1) is 6.04 Å². The monoisotopic (exact) mass is 537 g/mol. The zero-order chi connectivity index (χ0) is 27.7. The van der Waals surface area contributed by atoms with E-state index in [0.717, 1.165) is 25.7 Å². The lowest BCUT2D eigenvalue weighted by molar-refractivity contribution is 0.0539. The molecule has 0 saturated carbocycles. The molecule has 3 heteroatoms. The molecule has 0 radical (unpaired) electrons. The Hall–Kier alpha value is -4.11. The van der Waals surface area contributed by atoms with Gasteiger partial charge in [-0.2, -0.15) is 0 Å². The van der Waals surface area contributed by atoms with Gasteiger partial charge in [-0.3, -0.25) is 4.90 Å². The maximum Gasteiger partial charge on any atom is 0.410 e. The largest absolute Gasteiger partial charge is 0.448 e. The molecule has 2 unspecified atom stereocenters. The Morgan fingerprint density at radius 1 is 0.805 bits per heavy atom. The topological polar surface area (TPSA) is 29.5 Å². The van der Waals surface area contributed by atoms with Gasteiger partial charge < -0.3 is 4.74 Å². The quantitative estimate of drug-likeness (QED) is 0.261. The van der Waals surface area contributed by atoms with Crippen molar-refractivity contribution in [1.82, 2.24) is 4.90 Å². The van der Waals surface area contributed by atoms with Gasteiger partial charge in [0.15, 0.2) is 0 Å². The van der Waals surface area contributed by atoms with Crippen LogP contribution in [0.1, 0.15) is 73.3 Å². The molecule has 3 nitrogen and oxygen atoms in total. The summed E-state index contributed by atoms with van der Waals surface area (Å²) in [6, 6.07) is 33.1. The van der Waals surface area contributed by atoms with Crippen LogP contribution in [0.15, 0.2) is 97.1 Å². The van der Waals surface area contributed by atoms with Crippen LogP contribution in [-0.2, 0) is 10.2 Å². The van der Waals surface area contributed by atoms with E-state index < -0.39 is 0 Å². The van der Waals surface area contributed by atoms with Gasteiger partial charge in [0.25, 0.3) is 0 Å². The highest BCUT2D eigenvalue weighted by Crippen LogP contribution is 2.50. The van der Waals surface area contributed by atoms with Gasteiger partial charge in [0, 0.05) is 17.4 Å². The van der Waals surface area contributed by atoms with Crippen molar-refractivity contribution in [3.8, 4) is 22.3 Å². The number of piperidine rings is 1. The lowest BCUT2D eigenvalue weighted by Gasteiger charge is -2.44. The summed E-state index contributed by atoms with van der Waals surface area (Å²) in [4.78, 5) is 15.7. The molecule has 0 aromatic heterocycles. The number of benzene rings is 4. The van der Waals surface area contributed by atoms with Crippen molar-refractivity contribution in [3.63, 3.8) is 0 Å². The number of hydrogen-bond donors (Lipinski definition) is 0. The first-order valence-electron chi connectivity index (χ1n) is 15.1. The molecule has 4 aromatic rings. The maximum atomic E-state index is 13.7. The third kappa shape index (κ3) is 3.75. The molecule has 2 bridgehead atoms. The fraction of sp³-hybridized carbons (Fsp3) is 0.289. The van der Waals surface area contributed by atoms with Gasteiger partial charge in [0.1, 0.15) is 6.61 Å². The fourth-order valence-corrected chi connectivity index (χ4v) is 8.10. The van der Waals surface area contributed by atoms with Gasteiger partial charge in [-0.05, 0) is 87.4 Å². The van der Waals surface area contributed by atoms with Gasteiger partial charge in [-0.25, -0.2) is 4.79 Å². The first-order valence-corrected chi connectivity index (χ1v) is 15.1. The lowest BCUT2D eigenvalue weighted by atomic mass is 9.79. The first kappa shape index (κ1) is 24.7. The summed E-state index contributed by atoms with van der Waals surface area (Å²) in [5.74, 6) is 0.0842. The second kappa shape index (κ2) is 9.21. The highest BCUT2D eigenvalue weighted by atomic mass is 16.6. The maximum absolute atomic E-state index is 13.7. The number of rotatable bonds is 3. The minimum Gasteiger partial charge on any atom is -0.448 e. The number of carbonyl (C=O) groups excluding carboxylic acids is 1. The molecule has 41 heavy (non-hydrogen) atoms.